The Balaban J connectivity index is 2.50. The summed E-state index contributed by atoms with van der Waals surface area (Å²) in [5.74, 6) is 0.834. The summed E-state index contributed by atoms with van der Waals surface area (Å²) >= 11 is 1.67. The fourth-order valence-electron chi connectivity index (χ4n) is 1.51. The van der Waals surface area contributed by atoms with Crippen molar-refractivity contribution in [2.45, 2.75) is 16.7 Å². The molecule has 1 aromatic rings. The van der Waals surface area contributed by atoms with Gasteiger partial charge < -0.3 is 4.90 Å². The van der Waals surface area contributed by atoms with Gasteiger partial charge in [0.05, 0.1) is 16.5 Å². The van der Waals surface area contributed by atoms with Gasteiger partial charge in [0.2, 0.25) is 0 Å². The molecule has 0 saturated carbocycles. The summed E-state index contributed by atoms with van der Waals surface area (Å²) in [6.45, 7) is 2.84. The molecule has 1 heterocycles. The van der Waals surface area contributed by atoms with Crippen molar-refractivity contribution >= 4 is 27.6 Å². The second kappa shape index (κ2) is 3.70. The topological polar surface area (TPSA) is 57.6 Å². The van der Waals surface area contributed by atoms with Crippen molar-refractivity contribution in [3.63, 3.8) is 0 Å². The van der Waals surface area contributed by atoms with Gasteiger partial charge in [0, 0.05) is 11.4 Å². The van der Waals surface area contributed by atoms with Crippen LogP contribution in [-0.2, 0) is 10.1 Å². The van der Waals surface area contributed by atoms with Gasteiger partial charge in [-0.15, -0.1) is 11.8 Å². The summed E-state index contributed by atoms with van der Waals surface area (Å²) in [6, 6.07) is 4.69. The number of rotatable bonds is 2. The summed E-state index contributed by atoms with van der Waals surface area (Å²) in [6.07, 6.45) is 0. The van der Waals surface area contributed by atoms with Crippen LogP contribution in [0.3, 0.4) is 0 Å². The molecule has 1 aliphatic rings. The third-order valence-electron chi connectivity index (χ3n) is 2.33. The SMILES string of the molecule is CCN1CSc2ccc(S(=O)(=O)O)cc21. The zero-order valence-electron chi connectivity index (χ0n) is 8.17. The molecule has 0 amide bonds. The molecule has 0 bridgehead atoms. The predicted molar refractivity (Wildman–Crippen MR) is 60.0 cm³/mol. The van der Waals surface area contributed by atoms with Crippen LogP contribution in [0.15, 0.2) is 28.0 Å². The highest BCUT2D eigenvalue weighted by Gasteiger charge is 2.21. The highest BCUT2D eigenvalue weighted by molar-refractivity contribution is 7.99. The van der Waals surface area contributed by atoms with E-state index in [0.717, 1.165) is 23.0 Å². The molecule has 1 aliphatic heterocycles. The summed E-state index contributed by atoms with van der Waals surface area (Å²) in [4.78, 5) is 3.08. The molecule has 15 heavy (non-hydrogen) atoms. The van der Waals surface area contributed by atoms with Crippen molar-refractivity contribution in [2.75, 3.05) is 17.3 Å². The smallest absolute Gasteiger partial charge is 0.294 e. The number of anilines is 1. The first-order valence-corrected chi connectivity index (χ1v) is 6.94. The zero-order chi connectivity index (χ0) is 11.1. The Morgan fingerprint density at radius 1 is 1.53 bits per heavy atom. The Morgan fingerprint density at radius 2 is 2.27 bits per heavy atom. The van der Waals surface area contributed by atoms with Crippen LogP contribution in [0.1, 0.15) is 6.92 Å². The number of fused-ring (bicyclic) bond motifs is 1. The minimum Gasteiger partial charge on any atom is -0.361 e. The molecule has 6 heteroatoms. The van der Waals surface area contributed by atoms with E-state index >= 15 is 0 Å². The van der Waals surface area contributed by atoms with Crippen LogP contribution >= 0.6 is 11.8 Å². The highest BCUT2D eigenvalue weighted by atomic mass is 32.2. The Labute approximate surface area is 93.0 Å². The van der Waals surface area contributed by atoms with E-state index in [4.69, 9.17) is 4.55 Å². The van der Waals surface area contributed by atoms with Gasteiger partial charge in [-0.3, -0.25) is 4.55 Å². The quantitative estimate of drug-likeness (QED) is 0.805. The lowest BCUT2D eigenvalue weighted by atomic mass is 10.3. The van der Waals surface area contributed by atoms with Crippen LogP contribution < -0.4 is 4.90 Å². The van der Waals surface area contributed by atoms with Crippen LogP contribution in [0, 0.1) is 0 Å². The van der Waals surface area contributed by atoms with Crippen LogP contribution in [0.4, 0.5) is 5.69 Å². The highest BCUT2D eigenvalue weighted by Crippen LogP contribution is 2.39. The predicted octanol–water partition coefficient (Wildman–Crippen LogP) is 1.82. The number of benzene rings is 1. The maximum atomic E-state index is 11.0. The molecule has 0 saturated heterocycles. The lowest BCUT2D eigenvalue weighted by molar-refractivity contribution is 0.483. The molecule has 0 spiro atoms. The molecule has 0 aromatic heterocycles. The number of hydrogen-bond donors (Lipinski definition) is 1. The Bertz CT molecular complexity index is 484. The third-order valence-corrected chi connectivity index (χ3v) is 4.27. The van der Waals surface area contributed by atoms with Gasteiger partial charge in [-0.1, -0.05) is 0 Å². The first kappa shape index (κ1) is 10.8. The molecule has 0 fully saturated rings. The van der Waals surface area contributed by atoms with Gasteiger partial charge in [0.25, 0.3) is 10.1 Å². The van der Waals surface area contributed by atoms with E-state index < -0.39 is 10.1 Å². The molecule has 0 atom stereocenters. The first-order valence-electron chi connectivity index (χ1n) is 4.51. The molecular weight excluding hydrogens is 234 g/mol. The first-order chi connectivity index (χ1) is 7.02. The summed E-state index contributed by atoms with van der Waals surface area (Å²) < 4.78 is 30.8. The molecule has 82 valence electrons. The standard InChI is InChI=1S/C9H11NO3S2/c1-2-10-6-14-9-4-3-7(5-8(9)10)15(11,12)13/h3-5H,2,6H2,1H3,(H,11,12,13). The molecular formula is C9H11NO3S2. The van der Waals surface area contributed by atoms with Gasteiger partial charge in [-0.2, -0.15) is 8.42 Å². The Morgan fingerprint density at radius 3 is 2.87 bits per heavy atom. The third kappa shape index (κ3) is 1.97. The molecule has 0 unspecified atom stereocenters. The van der Waals surface area contributed by atoms with Crippen molar-refractivity contribution in [3.05, 3.63) is 18.2 Å². The number of nitrogens with zero attached hydrogens (tertiary/aromatic N) is 1. The van der Waals surface area contributed by atoms with Crippen molar-refractivity contribution < 1.29 is 13.0 Å². The monoisotopic (exact) mass is 245 g/mol. The van der Waals surface area contributed by atoms with Crippen LogP contribution in [0.25, 0.3) is 0 Å². The summed E-state index contributed by atoms with van der Waals surface area (Å²) in [7, 11) is -4.09. The Kier molecular flexibility index (Phi) is 2.66. The zero-order valence-corrected chi connectivity index (χ0v) is 9.81. The summed E-state index contributed by atoms with van der Waals surface area (Å²) in [5, 5.41) is 0. The fraction of sp³-hybridized carbons (Fsp3) is 0.333. The minimum atomic E-state index is -4.09. The molecule has 1 aromatic carbocycles. The van der Waals surface area contributed by atoms with Crippen LogP contribution in [0.5, 0.6) is 0 Å². The average molecular weight is 245 g/mol. The molecule has 4 nitrogen and oxygen atoms in total. The molecule has 0 aliphatic carbocycles. The van der Waals surface area contributed by atoms with Crippen molar-refractivity contribution in [3.8, 4) is 0 Å². The van der Waals surface area contributed by atoms with E-state index in [1.807, 2.05) is 6.92 Å². The second-order valence-electron chi connectivity index (χ2n) is 3.23. The van der Waals surface area contributed by atoms with E-state index in [1.54, 1.807) is 17.8 Å². The van der Waals surface area contributed by atoms with Crippen molar-refractivity contribution in [2.24, 2.45) is 0 Å². The van der Waals surface area contributed by atoms with Gasteiger partial charge in [0.1, 0.15) is 0 Å². The fourth-order valence-corrected chi connectivity index (χ4v) is 3.12. The average Bonchev–Trinajstić information content (AvgIpc) is 2.57. The lowest BCUT2D eigenvalue weighted by Crippen LogP contribution is -2.17. The van der Waals surface area contributed by atoms with Crippen LogP contribution in [0.2, 0.25) is 0 Å². The Hall–Kier alpha value is -0.720. The number of thioether (sulfide) groups is 1. The molecule has 1 N–H and O–H groups in total. The van der Waals surface area contributed by atoms with Crippen LogP contribution in [-0.4, -0.2) is 25.4 Å². The van der Waals surface area contributed by atoms with Gasteiger partial charge in [-0.25, -0.2) is 0 Å². The minimum absolute atomic E-state index is 0.0396. The lowest BCUT2D eigenvalue weighted by Gasteiger charge is -2.15. The van der Waals surface area contributed by atoms with E-state index in [2.05, 4.69) is 4.90 Å². The molecule has 0 radical (unpaired) electrons. The van der Waals surface area contributed by atoms with E-state index in [9.17, 15) is 8.42 Å². The second-order valence-corrected chi connectivity index (χ2v) is 5.64. The normalized spacial score (nSPS) is 15.5. The van der Waals surface area contributed by atoms with Gasteiger partial charge in [-0.05, 0) is 25.1 Å². The summed E-state index contributed by atoms with van der Waals surface area (Å²) in [5.41, 5.74) is 0.887. The molecule has 2 rings (SSSR count). The van der Waals surface area contributed by atoms with E-state index in [0.29, 0.717) is 0 Å². The van der Waals surface area contributed by atoms with Crippen molar-refractivity contribution in [1.82, 2.24) is 0 Å². The maximum absolute atomic E-state index is 11.0. The van der Waals surface area contributed by atoms with E-state index in [-0.39, 0.29) is 4.90 Å². The maximum Gasteiger partial charge on any atom is 0.294 e. The van der Waals surface area contributed by atoms with E-state index in [1.165, 1.54) is 12.1 Å². The van der Waals surface area contributed by atoms with Gasteiger partial charge in [0.15, 0.2) is 0 Å². The van der Waals surface area contributed by atoms with Crippen molar-refractivity contribution in [1.29, 1.82) is 0 Å². The largest absolute Gasteiger partial charge is 0.361 e. The number of hydrogen-bond acceptors (Lipinski definition) is 4. The van der Waals surface area contributed by atoms with Gasteiger partial charge >= 0.3 is 0 Å².